The van der Waals surface area contributed by atoms with E-state index in [-0.39, 0.29) is 11.9 Å². The van der Waals surface area contributed by atoms with E-state index in [2.05, 4.69) is 15.0 Å². The highest BCUT2D eigenvalue weighted by atomic mass is 19.4. The maximum Gasteiger partial charge on any atom is 0.422 e. The number of methoxy groups -OCH3 is 1. The van der Waals surface area contributed by atoms with E-state index in [1.54, 1.807) is 20.2 Å². The lowest BCUT2D eigenvalue weighted by Gasteiger charge is -2.16. The van der Waals surface area contributed by atoms with Gasteiger partial charge in [0.15, 0.2) is 6.61 Å². The number of likely N-dealkylation sites (N-methyl/N-ethyl adjacent to an activating group) is 1. The minimum absolute atomic E-state index is 0.0545. The number of alkyl halides is 3. The van der Waals surface area contributed by atoms with Gasteiger partial charge in [-0.15, -0.1) is 0 Å². The van der Waals surface area contributed by atoms with Gasteiger partial charge in [0.05, 0.1) is 12.6 Å². The Morgan fingerprint density at radius 1 is 1.44 bits per heavy atom. The number of hydrogen-bond donors (Lipinski definition) is 1. The van der Waals surface area contributed by atoms with Gasteiger partial charge in [-0.3, -0.25) is 0 Å². The summed E-state index contributed by atoms with van der Waals surface area (Å²) in [5, 5.41) is 2.99. The highest BCUT2D eigenvalue weighted by Crippen LogP contribution is 2.20. The van der Waals surface area contributed by atoms with Gasteiger partial charge in [0.25, 0.3) is 0 Å². The van der Waals surface area contributed by atoms with Crippen LogP contribution in [-0.2, 0) is 4.74 Å². The molecule has 0 saturated carbocycles. The molecule has 0 amide bonds. The Balaban J connectivity index is 2.72. The molecular weight excluding hydrogens is 249 g/mol. The fraction of sp³-hybridized carbons (Fsp3) is 0.545. The predicted molar refractivity (Wildman–Crippen MR) is 59.5 cm³/mol. The monoisotopic (exact) mass is 264 g/mol. The molecule has 0 spiro atoms. The maximum atomic E-state index is 12.0. The number of nitrogens with one attached hydrogen (secondary N) is 1. The van der Waals surface area contributed by atoms with E-state index in [4.69, 9.17) is 4.74 Å². The highest BCUT2D eigenvalue weighted by Gasteiger charge is 2.28. The molecule has 1 aromatic heterocycles. The number of aromatic nitrogens is 1. The molecule has 0 saturated heterocycles. The Bertz CT molecular complexity index is 372. The van der Waals surface area contributed by atoms with E-state index in [0.717, 1.165) is 5.56 Å². The van der Waals surface area contributed by atoms with Crippen LogP contribution in [0.15, 0.2) is 18.3 Å². The average Bonchev–Trinajstić information content (AvgIpc) is 2.33. The third kappa shape index (κ3) is 4.89. The topological polar surface area (TPSA) is 43.4 Å². The molecule has 1 atom stereocenters. The molecule has 4 nitrogen and oxygen atoms in total. The summed E-state index contributed by atoms with van der Waals surface area (Å²) in [6.45, 7) is -0.947. The lowest BCUT2D eigenvalue weighted by molar-refractivity contribution is -0.154. The third-order valence-corrected chi connectivity index (χ3v) is 2.23. The van der Waals surface area contributed by atoms with Gasteiger partial charge in [0.1, 0.15) is 0 Å². The van der Waals surface area contributed by atoms with Crippen molar-refractivity contribution < 1.29 is 22.6 Å². The van der Waals surface area contributed by atoms with Crippen molar-refractivity contribution in [1.82, 2.24) is 10.3 Å². The average molecular weight is 264 g/mol. The molecule has 0 aliphatic rings. The molecule has 0 aromatic carbocycles. The first-order chi connectivity index (χ1) is 8.46. The van der Waals surface area contributed by atoms with E-state index in [0.29, 0.717) is 6.61 Å². The molecule has 18 heavy (non-hydrogen) atoms. The second-order valence-electron chi connectivity index (χ2n) is 3.63. The van der Waals surface area contributed by atoms with Crippen molar-refractivity contribution in [1.29, 1.82) is 0 Å². The smallest absolute Gasteiger partial charge is 0.422 e. The lowest BCUT2D eigenvalue weighted by atomic mass is 10.1. The van der Waals surface area contributed by atoms with Crippen molar-refractivity contribution in [3.8, 4) is 5.88 Å². The molecule has 102 valence electrons. The van der Waals surface area contributed by atoms with Crippen molar-refractivity contribution in [2.45, 2.75) is 12.2 Å². The predicted octanol–water partition coefficient (Wildman–Crippen LogP) is 1.93. The summed E-state index contributed by atoms with van der Waals surface area (Å²) in [6, 6.07) is 3.04. The fourth-order valence-corrected chi connectivity index (χ4v) is 1.39. The summed E-state index contributed by atoms with van der Waals surface area (Å²) in [5.74, 6) is -0.0545. The number of rotatable bonds is 6. The van der Waals surface area contributed by atoms with Crippen molar-refractivity contribution in [2.75, 3.05) is 27.4 Å². The molecule has 1 unspecified atom stereocenters. The van der Waals surface area contributed by atoms with Gasteiger partial charge in [0.2, 0.25) is 5.88 Å². The first-order valence-corrected chi connectivity index (χ1v) is 5.28. The molecule has 0 aliphatic carbocycles. The van der Waals surface area contributed by atoms with Crippen LogP contribution in [0.2, 0.25) is 0 Å². The summed E-state index contributed by atoms with van der Waals surface area (Å²) < 4.78 is 45.6. The van der Waals surface area contributed by atoms with E-state index >= 15 is 0 Å². The number of halogens is 3. The summed E-state index contributed by atoms with van der Waals surface area (Å²) in [7, 11) is 3.28. The lowest BCUT2D eigenvalue weighted by Crippen LogP contribution is -2.22. The third-order valence-electron chi connectivity index (χ3n) is 2.23. The highest BCUT2D eigenvalue weighted by molar-refractivity contribution is 5.23. The van der Waals surface area contributed by atoms with Crippen LogP contribution < -0.4 is 10.1 Å². The van der Waals surface area contributed by atoms with E-state index in [1.807, 2.05) is 0 Å². The van der Waals surface area contributed by atoms with Crippen molar-refractivity contribution in [3.63, 3.8) is 0 Å². The summed E-state index contributed by atoms with van der Waals surface area (Å²) in [6.07, 6.45) is -2.96. The van der Waals surface area contributed by atoms with Crippen LogP contribution in [0.4, 0.5) is 13.2 Å². The molecule has 1 heterocycles. The molecule has 0 aliphatic heterocycles. The molecule has 7 heteroatoms. The Morgan fingerprint density at radius 3 is 2.72 bits per heavy atom. The van der Waals surface area contributed by atoms with Crippen molar-refractivity contribution in [3.05, 3.63) is 23.9 Å². The zero-order valence-electron chi connectivity index (χ0n) is 10.1. The standard InChI is InChI=1S/C11H15F3N2O2/c1-15-9(6-17-2)8-3-4-16-10(5-8)18-7-11(12,13)14/h3-5,9,15H,6-7H2,1-2H3. The van der Waals surface area contributed by atoms with E-state index in [9.17, 15) is 13.2 Å². The molecule has 1 rings (SSSR count). The van der Waals surface area contributed by atoms with Crippen LogP contribution in [0.3, 0.4) is 0 Å². The number of ether oxygens (including phenoxy) is 2. The van der Waals surface area contributed by atoms with Crippen LogP contribution in [0.1, 0.15) is 11.6 Å². The summed E-state index contributed by atoms with van der Waals surface area (Å²) >= 11 is 0. The van der Waals surface area contributed by atoms with Crippen LogP contribution in [0.5, 0.6) is 5.88 Å². The molecule has 1 N–H and O–H groups in total. The fourth-order valence-electron chi connectivity index (χ4n) is 1.39. The van der Waals surface area contributed by atoms with Crippen molar-refractivity contribution >= 4 is 0 Å². The molecule has 0 bridgehead atoms. The Morgan fingerprint density at radius 2 is 2.17 bits per heavy atom. The Labute approximate surface area is 103 Å². The first-order valence-electron chi connectivity index (χ1n) is 5.28. The van der Waals surface area contributed by atoms with Gasteiger partial charge in [-0.1, -0.05) is 0 Å². The summed E-state index contributed by atoms with van der Waals surface area (Å²) in [5.41, 5.74) is 0.756. The number of nitrogens with zero attached hydrogens (tertiary/aromatic N) is 1. The SMILES string of the molecule is CNC(COC)c1ccnc(OCC(F)(F)F)c1. The second-order valence-corrected chi connectivity index (χ2v) is 3.63. The maximum absolute atomic E-state index is 12.0. The summed E-state index contributed by atoms with van der Waals surface area (Å²) in [4.78, 5) is 3.73. The zero-order chi connectivity index (χ0) is 13.6. The zero-order valence-corrected chi connectivity index (χ0v) is 10.1. The molecule has 1 aromatic rings. The van der Waals surface area contributed by atoms with Gasteiger partial charge in [-0.05, 0) is 18.7 Å². The van der Waals surface area contributed by atoms with Crippen LogP contribution >= 0.6 is 0 Å². The quantitative estimate of drug-likeness (QED) is 0.852. The van der Waals surface area contributed by atoms with Gasteiger partial charge in [-0.25, -0.2) is 4.98 Å². The number of hydrogen-bond acceptors (Lipinski definition) is 4. The number of pyridine rings is 1. The molecule has 0 fully saturated rings. The van der Waals surface area contributed by atoms with E-state index in [1.165, 1.54) is 12.3 Å². The Hall–Kier alpha value is -1.34. The molecular formula is C11H15F3N2O2. The van der Waals surface area contributed by atoms with Crippen LogP contribution in [0.25, 0.3) is 0 Å². The van der Waals surface area contributed by atoms with Crippen LogP contribution in [0, 0.1) is 0 Å². The van der Waals surface area contributed by atoms with E-state index < -0.39 is 12.8 Å². The second kappa shape index (κ2) is 6.55. The van der Waals surface area contributed by atoms with Gasteiger partial charge >= 0.3 is 6.18 Å². The normalized spacial score (nSPS) is 13.4. The van der Waals surface area contributed by atoms with Gasteiger partial charge < -0.3 is 14.8 Å². The minimum Gasteiger partial charge on any atom is -0.468 e. The minimum atomic E-state index is -4.37. The van der Waals surface area contributed by atoms with Gasteiger partial charge in [0, 0.05) is 19.4 Å². The van der Waals surface area contributed by atoms with Gasteiger partial charge in [-0.2, -0.15) is 13.2 Å². The first kappa shape index (κ1) is 14.7. The van der Waals surface area contributed by atoms with Crippen LogP contribution in [-0.4, -0.2) is 38.5 Å². The largest absolute Gasteiger partial charge is 0.468 e. The van der Waals surface area contributed by atoms with Crippen molar-refractivity contribution in [2.24, 2.45) is 0 Å². The Kier molecular flexibility index (Phi) is 5.36. The molecule has 0 radical (unpaired) electrons.